The fraction of sp³-hybridized carbons (Fsp3) is 0.385. The van der Waals surface area contributed by atoms with Crippen LogP contribution in [0.3, 0.4) is 0 Å². The molecule has 1 aromatic rings. The lowest BCUT2D eigenvalue weighted by atomic mass is 9.86. The number of rotatable bonds is 0. The second-order valence-electron chi connectivity index (χ2n) is 4.07. The molecule has 1 aliphatic carbocycles. The van der Waals surface area contributed by atoms with Gasteiger partial charge in [0.2, 0.25) is 0 Å². The van der Waals surface area contributed by atoms with Gasteiger partial charge in [0.05, 0.1) is 0 Å². The van der Waals surface area contributed by atoms with Crippen molar-refractivity contribution in [2.45, 2.75) is 33.6 Å². The van der Waals surface area contributed by atoms with Gasteiger partial charge in [-0.3, -0.25) is 0 Å². The molecule has 0 nitrogen and oxygen atoms in total. The summed E-state index contributed by atoms with van der Waals surface area (Å²) in [5, 5.41) is 0. The highest BCUT2D eigenvalue weighted by Crippen LogP contribution is 2.30. The zero-order chi connectivity index (χ0) is 9.42. The first-order valence-corrected chi connectivity index (χ1v) is 4.95. The first kappa shape index (κ1) is 8.55. The molecule has 0 unspecified atom stereocenters. The average Bonchev–Trinajstić information content (AvgIpc) is 2.12. The molecule has 68 valence electrons. The summed E-state index contributed by atoms with van der Waals surface area (Å²) in [7, 11) is 0. The first-order valence-electron chi connectivity index (χ1n) is 4.95. The van der Waals surface area contributed by atoms with Gasteiger partial charge < -0.3 is 0 Å². The summed E-state index contributed by atoms with van der Waals surface area (Å²) >= 11 is 0. The third-order valence-electron chi connectivity index (χ3n) is 3.07. The Hall–Kier alpha value is -1.04. The number of hydrogen-bond donors (Lipinski definition) is 0. The second-order valence-corrected chi connectivity index (χ2v) is 4.07. The summed E-state index contributed by atoms with van der Waals surface area (Å²) in [5.74, 6) is 0. The summed E-state index contributed by atoms with van der Waals surface area (Å²) in [6, 6.07) is 6.80. The lowest BCUT2D eigenvalue weighted by molar-refractivity contribution is 0.913. The van der Waals surface area contributed by atoms with Crippen LogP contribution >= 0.6 is 0 Å². The molecule has 0 amide bonds. The van der Waals surface area contributed by atoms with Crippen LogP contribution in [0, 0.1) is 6.92 Å². The van der Waals surface area contributed by atoms with E-state index in [0.717, 1.165) is 0 Å². The summed E-state index contributed by atoms with van der Waals surface area (Å²) in [6.07, 6.45) is 2.46. The van der Waals surface area contributed by atoms with Crippen molar-refractivity contribution >= 4 is 5.57 Å². The minimum absolute atomic E-state index is 1.22. The molecular formula is C13H16. The molecule has 0 heteroatoms. The van der Waals surface area contributed by atoms with Crippen molar-refractivity contribution in [3.8, 4) is 0 Å². The third kappa shape index (κ3) is 1.41. The quantitative estimate of drug-likeness (QED) is 0.559. The Bertz CT molecular complexity index is 370. The molecule has 13 heavy (non-hydrogen) atoms. The van der Waals surface area contributed by atoms with E-state index in [1.807, 2.05) is 0 Å². The highest BCUT2D eigenvalue weighted by Gasteiger charge is 2.12. The van der Waals surface area contributed by atoms with Crippen LogP contribution < -0.4 is 0 Å². The van der Waals surface area contributed by atoms with Crippen LogP contribution in [0.2, 0.25) is 0 Å². The van der Waals surface area contributed by atoms with E-state index in [2.05, 4.69) is 39.0 Å². The van der Waals surface area contributed by atoms with Gasteiger partial charge in [0.25, 0.3) is 0 Å². The smallest absolute Gasteiger partial charge is 0.0195 e. The van der Waals surface area contributed by atoms with Gasteiger partial charge in [0.1, 0.15) is 0 Å². The number of benzene rings is 1. The van der Waals surface area contributed by atoms with E-state index < -0.39 is 0 Å². The van der Waals surface area contributed by atoms with E-state index in [-0.39, 0.29) is 0 Å². The van der Waals surface area contributed by atoms with Crippen molar-refractivity contribution < 1.29 is 0 Å². The summed E-state index contributed by atoms with van der Waals surface area (Å²) in [5.41, 5.74) is 7.42. The zero-order valence-corrected chi connectivity index (χ0v) is 8.65. The molecule has 0 saturated heterocycles. The lowest BCUT2D eigenvalue weighted by Gasteiger charge is -2.19. The Morgan fingerprint density at radius 3 is 2.54 bits per heavy atom. The molecule has 0 atom stereocenters. The SMILES string of the molecule is CC1=C(C)c2ccc(C)cc2CC1. The van der Waals surface area contributed by atoms with Crippen molar-refractivity contribution in [2.75, 3.05) is 0 Å². The van der Waals surface area contributed by atoms with Crippen molar-refractivity contribution in [3.05, 3.63) is 40.5 Å². The number of aryl methyl sites for hydroxylation is 2. The largest absolute Gasteiger partial charge is 0.0695 e. The molecule has 0 radical (unpaired) electrons. The van der Waals surface area contributed by atoms with Gasteiger partial charge in [-0.1, -0.05) is 29.3 Å². The van der Waals surface area contributed by atoms with Crippen LogP contribution in [0.1, 0.15) is 37.0 Å². The fourth-order valence-electron chi connectivity index (χ4n) is 2.03. The number of hydrogen-bond acceptors (Lipinski definition) is 0. The van der Waals surface area contributed by atoms with Gasteiger partial charge in [-0.2, -0.15) is 0 Å². The fourth-order valence-corrected chi connectivity index (χ4v) is 2.03. The van der Waals surface area contributed by atoms with E-state index in [1.54, 1.807) is 5.57 Å². The molecular weight excluding hydrogens is 156 g/mol. The van der Waals surface area contributed by atoms with Crippen molar-refractivity contribution in [1.82, 2.24) is 0 Å². The van der Waals surface area contributed by atoms with Crippen LogP contribution in [-0.4, -0.2) is 0 Å². The molecule has 0 spiro atoms. The van der Waals surface area contributed by atoms with Gasteiger partial charge in [-0.05, 0) is 50.3 Å². The third-order valence-corrected chi connectivity index (χ3v) is 3.07. The van der Waals surface area contributed by atoms with E-state index in [9.17, 15) is 0 Å². The van der Waals surface area contributed by atoms with Crippen molar-refractivity contribution in [1.29, 1.82) is 0 Å². The molecule has 0 N–H and O–H groups in total. The number of fused-ring (bicyclic) bond motifs is 1. The Balaban J connectivity index is 2.58. The molecule has 0 bridgehead atoms. The summed E-state index contributed by atoms with van der Waals surface area (Å²) < 4.78 is 0. The predicted octanol–water partition coefficient (Wildman–Crippen LogP) is 3.73. The molecule has 2 rings (SSSR count). The van der Waals surface area contributed by atoms with Gasteiger partial charge in [0, 0.05) is 0 Å². The molecule has 0 heterocycles. The monoisotopic (exact) mass is 172 g/mol. The minimum atomic E-state index is 1.22. The molecule has 0 aromatic heterocycles. The van der Waals surface area contributed by atoms with E-state index >= 15 is 0 Å². The molecule has 0 aliphatic heterocycles. The van der Waals surface area contributed by atoms with Crippen LogP contribution in [0.5, 0.6) is 0 Å². The molecule has 1 aromatic carbocycles. The lowest BCUT2D eigenvalue weighted by Crippen LogP contribution is -2.01. The Morgan fingerprint density at radius 2 is 1.77 bits per heavy atom. The van der Waals surface area contributed by atoms with Gasteiger partial charge in [-0.25, -0.2) is 0 Å². The Morgan fingerprint density at radius 1 is 1.00 bits per heavy atom. The van der Waals surface area contributed by atoms with Crippen molar-refractivity contribution in [2.24, 2.45) is 0 Å². The second kappa shape index (κ2) is 3.02. The molecule has 0 saturated carbocycles. The minimum Gasteiger partial charge on any atom is -0.0695 e. The Kier molecular flexibility index (Phi) is 1.99. The topological polar surface area (TPSA) is 0 Å². The maximum Gasteiger partial charge on any atom is -0.0195 e. The number of allylic oxidation sites excluding steroid dienone is 2. The standard InChI is InChI=1S/C13H16/c1-9-4-7-13-11(3)10(2)5-6-12(13)8-9/h4,7-8H,5-6H2,1-3H3. The predicted molar refractivity (Wildman–Crippen MR) is 57.8 cm³/mol. The summed E-state index contributed by atoms with van der Waals surface area (Å²) in [6.45, 7) is 6.65. The van der Waals surface area contributed by atoms with E-state index in [0.29, 0.717) is 0 Å². The maximum absolute atomic E-state index is 2.32. The van der Waals surface area contributed by atoms with Crippen molar-refractivity contribution in [3.63, 3.8) is 0 Å². The van der Waals surface area contributed by atoms with Gasteiger partial charge in [-0.15, -0.1) is 0 Å². The van der Waals surface area contributed by atoms with Crippen LogP contribution in [-0.2, 0) is 6.42 Å². The van der Waals surface area contributed by atoms with E-state index in [1.165, 1.54) is 35.1 Å². The Labute approximate surface area is 80.3 Å². The highest BCUT2D eigenvalue weighted by atomic mass is 14.2. The maximum atomic E-state index is 2.32. The average molecular weight is 172 g/mol. The molecule has 0 fully saturated rings. The highest BCUT2D eigenvalue weighted by molar-refractivity contribution is 5.71. The van der Waals surface area contributed by atoms with Gasteiger partial charge >= 0.3 is 0 Å². The van der Waals surface area contributed by atoms with Gasteiger partial charge in [0.15, 0.2) is 0 Å². The van der Waals surface area contributed by atoms with Crippen LogP contribution in [0.4, 0.5) is 0 Å². The van der Waals surface area contributed by atoms with Crippen LogP contribution in [0.25, 0.3) is 5.57 Å². The first-order chi connectivity index (χ1) is 6.18. The summed E-state index contributed by atoms with van der Waals surface area (Å²) in [4.78, 5) is 0. The zero-order valence-electron chi connectivity index (χ0n) is 8.65. The van der Waals surface area contributed by atoms with Crippen LogP contribution in [0.15, 0.2) is 23.8 Å². The van der Waals surface area contributed by atoms with E-state index in [4.69, 9.17) is 0 Å². The normalized spacial score (nSPS) is 15.9. The molecule has 1 aliphatic rings.